The molecule has 2 heterocycles. The lowest BCUT2D eigenvalue weighted by Crippen LogP contribution is -2.49. The highest BCUT2D eigenvalue weighted by Crippen LogP contribution is 2.25. The third-order valence-corrected chi connectivity index (χ3v) is 6.29. The molecule has 2 aromatic carbocycles. The SMILES string of the molecule is Cc1ccc(C)c(N2CCN(C(=O)CCNc3c(N4CCCC4)c(=O)c3=O)CC2)c1. The van der Waals surface area contributed by atoms with E-state index in [0.29, 0.717) is 37.4 Å². The lowest BCUT2D eigenvalue weighted by atomic mass is 10.1. The van der Waals surface area contributed by atoms with E-state index >= 15 is 0 Å². The Bertz CT molecular complexity index is 995. The highest BCUT2D eigenvalue weighted by molar-refractivity contribution is 5.79. The summed E-state index contributed by atoms with van der Waals surface area (Å²) in [5, 5.41) is 3.05. The molecule has 1 amide bonds. The Labute approximate surface area is 177 Å². The first kappa shape index (κ1) is 20.4. The zero-order chi connectivity index (χ0) is 21.3. The van der Waals surface area contributed by atoms with Crippen LogP contribution in [-0.2, 0) is 4.79 Å². The van der Waals surface area contributed by atoms with E-state index in [0.717, 1.165) is 39.0 Å². The largest absolute Gasteiger partial charge is 0.379 e. The van der Waals surface area contributed by atoms with Gasteiger partial charge in [-0.25, -0.2) is 0 Å². The van der Waals surface area contributed by atoms with E-state index in [2.05, 4.69) is 42.3 Å². The predicted octanol–water partition coefficient (Wildman–Crippen LogP) is 1.65. The average molecular weight is 411 g/mol. The van der Waals surface area contributed by atoms with E-state index in [1.807, 2.05) is 9.80 Å². The van der Waals surface area contributed by atoms with Crippen molar-refractivity contribution in [3.8, 4) is 0 Å². The molecule has 0 saturated carbocycles. The van der Waals surface area contributed by atoms with Crippen molar-refractivity contribution in [2.75, 3.05) is 60.9 Å². The van der Waals surface area contributed by atoms with Gasteiger partial charge >= 0.3 is 0 Å². The molecule has 160 valence electrons. The molecule has 0 unspecified atom stereocenters. The van der Waals surface area contributed by atoms with E-state index in [9.17, 15) is 14.4 Å². The van der Waals surface area contributed by atoms with Gasteiger partial charge in [-0.2, -0.15) is 0 Å². The first-order chi connectivity index (χ1) is 14.5. The predicted molar refractivity (Wildman–Crippen MR) is 121 cm³/mol. The number of benzene rings is 1. The minimum atomic E-state index is -0.452. The second kappa shape index (κ2) is 8.50. The average Bonchev–Trinajstić information content (AvgIpc) is 3.28. The molecule has 1 N–H and O–H groups in total. The third kappa shape index (κ3) is 3.93. The van der Waals surface area contributed by atoms with E-state index in [1.54, 1.807) is 0 Å². The second-order valence-electron chi connectivity index (χ2n) is 8.41. The van der Waals surface area contributed by atoms with Crippen LogP contribution in [0.4, 0.5) is 17.1 Å². The number of nitrogens with zero attached hydrogens (tertiary/aromatic N) is 3. The van der Waals surface area contributed by atoms with Gasteiger partial charge in [0.05, 0.1) is 0 Å². The lowest BCUT2D eigenvalue weighted by molar-refractivity contribution is -0.131. The van der Waals surface area contributed by atoms with Gasteiger partial charge < -0.3 is 20.0 Å². The van der Waals surface area contributed by atoms with Crippen LogP contribution in [0.15, 0.2) is 27.8 Å². The van der Waals surface area contributed by atoms with Crippen LogP contribution >= 0.6 is 0 Å². The molecule has 2 aliphatic rings. The molecule has 0 aromatic heterocycles. The van der Waals surface area contributed by atoms with Crippen LogP contribution in [0.1, 0.15) is 30.4 Å². The normalized spacial score (nSPS) is 17.1. The van der Waals surface area contributed by atoms with Crippen molar-refractivity contribution < 1.29 is 4.79 Å². The molecule has 2 aliphatic heterocycles. The summed E-state index contributed by atoms with van der Waals surface area (Å²) in [6.45, 7) is 9.28. The quantitative estimate of drug-likeness (QED) is 0.730. The molecular formula is C23H30N4O3. The van der Waals surface area contributed by atoms with Crippen LogP contribution in [0.25, 0.3) is 0 Å². The van der Waals surface area contributed by atoms with Crippen molar-refractivity contribution in [2.45, 2.75) is 33.1 Å². The molecule has 7 heteroatoms. The van der Waals surface area contributed by atoms with Crippen LogP contribution in [0.5, 0.6) is 0 Å². The fourth-order valence-corrected chi connectivity index (χ4v) is 4.50. The number of piperazine rings is 1. The van der Waals surface area contributed by atoms with E-state index < -0.39 is 10.9 Å². The summed E-state index contributed by atoms with van der Waals surface area (Å²) in [5.41, 5.74) is 3.82. The van der Waals surface area contributed by atoms with Crippen LogP contribution in [-0.4, -0.2) is 56.6 Å². The third-order valence-electron chi connectivity index (χ3n) is 6.29. The Kier molecular flexibility index (Phi) is 5.79. The van der Waals surface area contributed by atoms with Gasteiger partial charge in [-0.1, -0.05) is 12.1 Å². The molecule has 0 radical (unpaired) electrons. The van der Waals surface area contributed by atoms with Crippen molar-refractivity contribution in [2.24, 2.45) is 0 Å². The fraction of sp³-hybridized carbons (Fsp3) is 0.522. The van der Waals surface area contributed by atoms with Gasteiger partial charge in [0.25, 0.3) is 10.9 Å². The number of carbonyl (C=O) groups excluding carboxylic acids is 1. The number of rotatable bonds is 6. The topological polar surface area (TPSA) is 73.0 Å². The molecule has 30 heavy (non-hydrogen) atoms. The summed E-state index contributed by atoms with van der Waals surface area (Å²) < 4.78 is 0. The van der Waals surface area contributed by atoms with Crippen LogP contribution < -0.4 is 26.0 Å². The summed E-state index contributed by atoms with van der Waals surface area (Å²) >= 11 is 0. The van der Waals surface area contributed by atoms with Gasteiger partial charge in [-0.15, -0.1) is 0 Å². The van der Waals surface area contributed by atoms with Gasteiger partial charge in [0, 0.05) is 57.9 Å². The summed E-state index contributed by atoms with van der Waals surface area (Å²) in [6, 6.07) is 6.47. The molecule has 0 spiro atoms. The van der Waals surface area contributed by atoms with E-state index in [-0.39, 0.29) is 5.91 Å². The minimum absolute atomic E-state index is 0.0875. The van der Waals surface area contributed by atoms with E-state index in [4.69, 9.17) is 0 Å². The maximum absolute atomic E-state index is 12.6. The highest BCUT2D eigenvalue weighted by Gasteiger charge is 2.28. The number of hydrogen-bond acceptors (Lipinski definition) is 6. The Hall–Kier alpha value is -2.83. The van der Waals surface area contributed by atoms with Crippen molar-refractivity contribution in [3.05, 3.63) is 49.8 Å². The Morgan fingerprint density at radius 3 is 2.33 bits per heavy atom. The van der Waals surface area contributed by atoms with E-state index in [1.165, 1.54) is 16.8 Å². The molecule has 0 atom stereocenters. The molecule has 0 bridgehead atoms. The first-order valence-corrected chi connectivity index (χ1v) is 10.9. The summed E-state index contributed by atoms with van der Waals surface area (Å²) in [6.07, 6.45) is 2.41. The molecule has 2 fully saturated rings. The first-order valence-electron chi connectivity index (χ1n) is 10.9. The smallest absolute Gasteiger partial charge is 0.253 e. The molecule has 2 saturated heterocycles. The van der Waals surface area contributed by atoms with Crippen molar-refractivity contribution in [1.82, 2.24) is 4.90 Å². The van der Waals surface area contributed by atoms with Gasteiger partial charge in [0.2, 0.25) is 5.91 Å². The number of hydrogen-bond donors (Lipinski definition) is 1. The molecule has 0 aliphatic carbocycles. The number of carbonyl (C=O) groups is 1. The molecule has 4 rings (SSSR count). The minimum Gasteiger partial charge on any atom is -0.379 e. The number of anilines is 3. The van der Waals surface area contributed by atoms with Crippen LogP contribution in [0, 0.1) is 13.8 Å². The molecule has 2 aromatic rings. The van der Waals surface area contributed by atoms with Crippen molar-refractivity contribution in [1.29, 1.82) is 0 Å². The van der Waals surface area contributed by atoms with Gasteiger partial charge in [-0.05, 0) is 43.9 Å². The zero-order valence-corrected chi connectivity index (χ0v) is 17.9. The Morgan fingerprint density at radius 1 is 0.933 bits per heavy atom. The number of aryl methyl sites for hydroxylation is 2. The van der Waals surface area contributed by atoms with Gasteiger partial charge in [-0.3, -0.25) is 14.4 Å². The zero-order valence-electron chi connectivity index (χ0n) is 17.9. The molecule has 7 nitrogen and oxygen atoms in total. The molecular weight excluding hydrogens is 380 g/mol. The highest BCUT2D eigenvalue weighted by atomic mass is 16.2. The second-order valence-corrected chi connectivity index (χ2v) is 8.41. The lowest BCUT2D eigenvalue weighted by Gasteiger charge is -2.37. The van der Waals surface area contributed by atoms with Crippen LogP contribution in [0.3, 0.4) is 0 Å². The maximum Gasteiger partial charge on any atom is 0.253 e. The Balaban J connectivity index is 1.27. The van der Waals surface area contributed by atoms with Crippen molar-refractivity contribution in [3.63, 3.8) is 0 Å². The fourth-order valence-electron chi connectivity index (χ4n) is 4.50. The summed E-state index contributed by atoms with van der Waals surface area (Å²) in [7, 11) is 0. The Morgan fingerprint density at radius 2 is 1.63 bits per heavy atom. The standard InChI is InChI=1S/C23H30N4O3/c1-16-5-6-17(2)18(15-16)25-11-13-26(14-12-25)19(28)7-8-24-20-21(23(30)22(20)29)27-9-3-4-10-27/h5-6,15,24H,3-4,7-14H2,1-2H3. The van der Waals surface area contributed by atoms with Gasteiger partial charge in [0.1, 0.15) is 11.4 Å². The number of nitrogens with one attached hydrogen (secondary N) is 1. The monoisotopic (exact) mass is 410 g/mol. The van der Waals surface area contributed by atoms with Gasteiger partial charge in [0.15, 0.2) is 0 Å². The number of amides is 1. The van der Waals surface area contributed by atoms with Crippen molar-refractivity contribution >= 4 is 23.0 Å². The summed E-state index contributed by atoms with van der Waals surface area (Å²) in [5.74, 6) is 0.0875. The maximum atomic E-state index is 12.6. The summed E-state index contributed by atoms with van der Waals surface area (Å²) in [4.78, 5) is 42.7. The van der Waals surface area contributed by atoms with Crippen LogP contribution in [0.2, 0.25) is 0 Å².